The average molecular weight is 575 g/mol. The Morgan fingerprint density at radius 2 is 1.88 bits per heavy atom. The number of carbonyl (C=O) groups is 2. The van der Waals surface area contributed by atoms with Crippen LogP contribution in [0.5, 0.6) is 0 Å². The van der Waals surface area contributed by atoms with E-state index >= 15 is 4.39 Å². The first-order valence-electron chi connectivity index (χ1n) is 12.3. The molecule has 1 fully saturated rings. The van der Waals surface area contributed by atoms with Gasteiger partial charge in [-0.15, -0.1) is 0 Å². The van der Waals surface area contributed by atoms with Gasteiger partial charge in [-0.1, -0.05) is 11.6 Å². The molecule has 0 bridgehead atoms. The van der Waals surface area contributed by atoms with Crippen LogP contribution in [0.4, 0.5) is 22.0 Å². The Balaban J connectivity index is 1.73. The van der Waals surface area contributed by atoms with E-state index in [1.165, 1.54) is 12.1 Å². The fraction of sp³-hybridized carbons (Fsp3) is 0.250. The lowest BCUT2D eigenvalue weighted by molar-refractivity contribution is -0.137. The predicted octanol–water partition coefficient (Wildman–Crippen LogP) is 6.07. The molecule has 1 aromatic heterocycles. The van der Waals surface area contributed by atoms with Gasteiger partial charge in [0.25, 0.3) is 5.91 Å². The molecular formula is C28H20ClF5N4O2. The van der Waals surface area contributed by atoms with Crippen molar-refractivity contribution in [1.82, 2.24) is 15.1 Å². The number of halogens is 6. The van der Waals surface area contributed by atoms with E-state index < -0.39 is 52.4 Å². The number of primary amides is 1. The Hall–Kier alpha value is -3.99. The Morgan fingerprint density at radius 1 is 1.15 bits per heavy atom. The van der Waals surface area contributed by atoms with Gasteiger partial charge >= 0.3 is 6.18 Å². The lowest BCUT2D eigenvalue weighted by atomic mass is 9.85. The van der Waals surface area contributed by atoms with Crippen LogP contribution in [-0.4, -0.2) is 21.6 Å². The number of nitrogens with zero attached hydrogens (tertiary/aromatic N) is 2. The highest BCUT2D eigenvalue weighted by atomic mass is 35.5. The summed E-state index contributed by atoms with van der Waals surface area (Å²) >= 11 is 6.37. The molecule has 4 aromatic rings. The molecule has 1 atom stereocenters. The second-order valence-corrected chi connectivity index (χ2v) is 10.5. The van der Waals surface area contributed by atoms with Gasteiger partial charge in [-0.2, -0.15) is 18.3 Å². The number of carbonyl (C=O) groups excluding carboxylic acids is 2. The summed E-state index contributed by atoms with van der Waals surface area (Å²) in [4.78, 5) is 25.9. The van der Waals surface area contributed by atoms with Gasteiger partial charge in [0.1, 0.15) is 17.2 Å². The van der Waals surface area contributed by atoms with E-state index in [2.05, 4.69) is 10.4 Å². The summed E-state index contributed by atoms with van der Waals surface area (Å²) in [6.45, 7) is 0. The number of hydrogen-bond acceptors (Lipinski definition) is 3. The molecule has 2 amide bonds. The maximum Gasteiger partial charge on any atom is 0.416 e. The quantitative estimate of drug-likeness (QED) is 0.283. The third-order valence-electron chi connectivity index (χ3n) is 7.48. The van der Waals surface area contributed by atoms with E-state index in [0.717, 1.165) is 30.7 Å². The molecule has 3 N–H and O–H groups in total. The molecule has 40 heavy (non-hydrogen) atoms. The van der Waals surface area contributed by atoms with E-state index in [0.29, 0.717) is 23.8 Å². The van der Waals surface area contributed by atoms with Gasteiger partial charge in [-0.05, 0) is 67.1 Å². The highest BCUT2D eigenvalue weighted by molar-refractivity contribution is 6.31. The maximum atomic E-state index is 15.7. The molecule has 3 aromatic carbocycles. The van der Waals surface area contributed by atoms with Crippen LogP contribution >= 0.6 is 11.6 Å². The monoisotopic (exact) mass is 574 g/mol. The summed E-state index contributed by atoms with van der Waals surface area (Å²) < 4.78 is 72.3. The molecule has 0 saturated heterocycles. The van der Waals surface area contributed by atoms with Gasteiger partial charge in [-0.25, -0.2) is 8.78 Å². The molecule has 1 saturated carbocycles. The van der Waals surface area contributed by atoms with Gasteiger partial charge < -0.3 is 11.1 Å². The van der Waals surface area contributed by atoms with Crippen LogP contribution < -0.4 is 11.1 Å². The van der Waals surface area contributed by atoms with Gasteiger partial charge in [0.05, 0.1) is 22.7 Å². The maximum absolute atomic E-state index is 15.7. The average Bonchev–Trinajstić information content (AvgIpc) is 3.56. The van der Waals surface area contributed by atoms with Crippen LogP contribution in [0, 0.1) is 17.6 Å². The minimum Gasteiger partial charge on any atom is -0.366 e. The molecule has 1 unspecified atom stereocenters. The summed E-state index contributed by atoms with van der Waals surface area (Å²) in [6.07, 6.45) is -2.33. The summed E-state index contributed by atoms with van der Waals surface area (Å²) in [5.74, 6) is -3.53. The smallest absolute Gasteiger partial charge is 0.366 e. The Labute approximate surface area is 228 Å². The third kappa shape index (κ3) is 4.19. The number of alkyl halides is 3. The molecule has 6 rings (SSSR count). The molecular weight excluding hydrogens is 555 g/mol. The minimum absolute atomic E-state index is 0.0326. The number of rotatable bonds is 5. The number of hydrogen-bond donors (Lipinski definition) is 2. The SMILES string of the molecule is Cn1nc2c3c(c(-c4c(F)cc(C(F)(F)F)cc4C(N)=O)cc2c1CC1CC1)C(c1cc(F)ccc1Cl)NC3=O. The molecule has 0 spiro atoms. The Morgan fingerprint density at radius 3 is 2.52 bits per heavy atom. The number of nitrogens with two attached hydrogens (primary N) is 1. The highest BCUT2D eigenvalue weighted by Gasteiger charge is 2.40. The Bertz CT molecular complexity index is 1760. The Kier molecular flexibility index (Phi) is 5.92. The summed E-state index contributed by atoms with van der Waals surface area (Å²) in [5.41, 5.74) is 4.11. The number of amides is 2. The fourth-order valence-electron chi connectivity index (χ4n) is 5.45. The summed E-state index contributed by atoms with van der Waals surface area (Å²) in [5, 5.41) is 7.87. The van der Waals surface area contributed by atoms with Crippen LogP contribution in [0.15, 0.2) is 36.4 Å². The van der Waals surface area contributed by atoms with Crippen LogP contribution in [-0.2, 0) is 19.6 Å². The van der Waals surface area contributed by atoms with Gasteiger partial charge in [0, 0.05) is 39.8 Å². The second-order valence-electron chi connectivity index (χ2n) is 10.1. The number of fused-ring (bicyclic) bond motifs is 3. The van der Waals surface area contributed by atoms with Crippen molar-refractivity contribution in [2.75, 3.05) is 0 Å². The van der Waals surface area contributed by atoms with Crippen LogP contribution in [0.25, 0.3) is 22.0 Å². The number of nitrogens with one attached hydrogen (secondary N) is 1. The molecule has 12 heteroatoms. The molecule has 1 aliphatic heterocycles. The molecule has 2 aliphatic rings. The van der Waals surface area contributed by atoms with Gasteiger partial charge in [-0.3, -0.25) is 14.3 Å². The van der Waals surface area contributed by atoms with Crippen molar-refractivity contribution < 1.29 is 31.5 Å². The number of aromatic nitrogens is 2. The summed E-state index contributed by atoms with van der Waals surface area (Å²) in [6, 6.07) is 4.67. The van der Waals surface area contributed by atoms with E-state index in [-0.39, 0.29) is 38.9 Å². The van der Waals surface area contributed by atoms with Crippen molar-refractivity contribution in [3.8, 4) is 11.1 Å². The largest absolute Gasteiger partial charge is 0.416 e. The first kappa shape index (κ1) is 26.2. The lowest BCUT2D eigenvalue weighted by Crippen LogP contribution is -2.21. The van der Waals surface area contributed by atoms with Crippen molar-refractivity contribution in [1.29, 1.82) is 0 Å². The van der Waals surface area contributed by atoms with Crippen molar-refractivity contribution in [2.45, 2.75) is 31.5 Å². The highest BCUT2D eigenvalue weighted by Crippen LogP contribution is 2.47. The second kappa shape index (κ2) is 9.02. The van der Waals surface area contributed by atoms with E-state index in [1.54, 1.807) is 11.7 Å². The number of benzene rings is 3. The van der Waals surface area contributed by atoms with Gasteiger partial charge in [0.2, 0.25) is 5.91 Å². The number of aryl methyl sites for hydroxylation is 1. The van der Waals surface area contributed by atoms with E-state index in [1.807, 2.05) is 0 Å². The molecule has 0 radical (unpaired) electrons. The van der Waals surface area contributed by atoms with Gasteiger partial charge in [0.15, 0.2) is 0 Å². The standard InChI is InChI=1S/C28H20ClF5N4O2/c1-38-20(6-11-2-3-11)15-10-16(21-17(26(35)39)7-12(8-19(21)31)28(32,33)34)22-23(25(15)37-38)27(40)36-24(22)14-9-13(30)4-5-18(14)29/h4-5,7-11,24H,2-3,6H2,1H3,(H2,35,39)(H,36,40). The first-order chi connectivity index (χ1) is 18.8. The molecule has 2 heterocycles. The van der Waals surface area contributed by atoms with Crippen LogP contribution in [0.2, 0.25) is 5.02 Å². The normalized spacial score (nSPS) is 16.9. The molecule has 1 aliphatic carbocycles. The van der Waals surface area contributed by atoms with Crippen molar-refractivity contribution in [3.63, 3.8) is 0 Å². The zero-order valence-electron chi connectivity index (χ0n) is 20.8. The van der Waals surface area contributed by atoms with E-state index in [4.69, 9.17) is 17.3 Å². The van der Waals surface area contributed by atoms with E-state index in [9.17, 15) is 27.2 Å². The first-order valence-corrected chi connectivity index (χ1v) is 12.7. The zero-order valence-corrected chi connectivity index (χ0v) is 21.6. The molecule has 206 valence electrons. The van der Waals surface area contributed by atoms with Crippen LogP contribution in [0.1, 0.15) is 62.0 Å². The van der Waals surface area contributed by atoms with Crippen molar-refractivity contribution >= 4 is 34.3 Å². The zero-order chi connectivity index (χ0) is 28.7. The predicted molar refractivity (Wildman–Crippen MR) is 137 cm³/mol. The summed E-state index contributed by atoms with van der Waals surface area (Å²) in [7, 11) is 1.70. The topological polar surface area (TPSA) is 90.0 Å². The van der Waals surface area contributed by atoms with Crippen molar-refractivity contribution in [3.05, 3.63) is 86.6 Å². The minimum atomic E-state index is -4.95. The molecule has 6 nitrogen and oxygen atoms in total. The fourth-order valence-corrected chi connectivity index (χ4v) is 5.68. The third-order valence-corrected chi connectivity index (χ3v) is 7.83. The lowest BCUT2D eigenvalue weighted by Gasteiger charge is -2.20. The van der Waals surface area contributed by atoms with Crippen LogP contribution in [0.3, 0.4) is 0 Å². The van der Waals surface area contributed by atoms with Crippen molar-refractivity contribution in [2.24, 2.45) is 18.7 Å².